The number of hydrogen-bond donors (Lipinski definition) is 2. The summed E-state index contributed by atoms with van der Waals surface area (Å²) in [5.74, 6) is -1.08. The smallest absolute Gasteiger partial charge is 0.416 e. The molecule has 1 saturated heterocycles. The molecule has 1 atom stereocenters. The summed E-state index contributed by atoms with van der Waals surface area (Å²) in [6.07, 6.45) is -2.07. The van der Waals surface area contributed by atoms with E-state index in [1.807, 2.05) is 0 Å². The van der Waals surface area contributed by atoms with Gasteiger partial charge in [-0.25, -0.2) is 0 Å². The summed E-state index contributed by atoms with van der Waals surface area (Å²) in [6, 6.07) is 3.90. The Hall–Kier alpha value is -2.09. The Balaban J connectivity index is 1.86. The molecule has 0 aliphatic carbocycles. The van der Waals surface area contributed by atoms with Crippen LogP contribution in [0.2, 0.25) is 0 Å². The molecule has 2 amide bonds. The number of carbonyl (C=O) groups excluding carboxylic acids is 2. The number of methoxy groups -OCH3 is 1. The van der Waals surface area contributed by atoms with Gasteiger partial charge in [-0.2, -0.15) is 13.2 Å². The van der Waals surface area contributed by atoms with E-state index in [1.165, 1.54) is 19.2 Å². The highest BCUT2D eigenvalue weighted by atomic mass is 19.4. The van der Waals surface area contributed by atoms with E-state index < -0.39 is 17.7 Å². The van der Waals surface area contributed by atoms with Crippen LogP contribution in [0, 0.1) is 11.8 Å². The van der Waals surface area contributed by atoms with E-state index >= 15 is 0 Å². The molecule has 8 heteroatoms. The molecule has 156 valence electrons. The number of amides is 2. The summed E-state index contributed by atoms with van der Waals surface area (Å²) in [7, 11) is 1.32. The number of halogens is 3. The Morgan fingerprint density at radius 3 is 2.57 bits per heavy atom. The van der Waals surface area contributed by atoms with Crippen molar-refractivity contribution in [3.63, 3.8) is 0 Å². The molecule has 0 radical (unpaired) electrons. The van der Waals surface area contributed by atoms with Crippen LogP contribution in [-0.4, -0.2) is 32.0 Å². The molecule has 0 spiro atoms. The molecule has 5 nitrogen and oxygen atoms in total. The van der Waals surface area contributed by atoms with Crippen molar-refractivity contribution in [3.8, 4) is 5.75 Å². The first-order chi connectivity index (χ1) is 13.2. The molecular formula is C20H27F3N2O3. The number of nitrogens with one attached hydrogen (secondary N) is 2. The van der Waals surface area contributed by atoms with Crippen LogP contribution in [0.4, 0.5) is 13.2 Å². The van der Waals surface area contributed by atoms with Crippen LogP contribution in [0.3, 0.4) is 0 Å². The van der Waals surface area contributed by atoms with Gasteiger partial charge in [0.2, 0.25) is 11.8 Å². The molecular weight excluding hydrogens is 373 g/mol. The fraction of sp³-hybridized carbons (Fsp3) is 0.600. The van der Waals surface area contributed by atoms with Crippen molar-refractivity contribution in [1.82, 2.24) is 10.6 Å². The molecule has 0 saturated carbocycles. The first-order valence-electron chi connectivity index (χ1n) is 9.52. The third-order valence-electron chi connectivity index (χ3n) is 5.11. The zero-order chi connectivity index (χ0) is 20.7. The summed E-state index contributed by atoms with van der Waals surface area (Å²) >= 11 is 0. The van der Waals surface area contributed by atoms with Crippen LogP contribution in [-0.2, 0) is 22.2 Å². The maximum atomic E-state index is 13.2. The Kier molecular flexibility index (Phi) is 7.86. The maximum Gasteiger partial charge on any atom is 0.416 e. The highest BCUT2D eigenvalue weighted by molar-refractivity contribution is 5.97. The predicted molar refractivity (Wildman–Crippen MR) is 98.8 cm³/mol. The molecule has 2 rings (SSSR count). The number of hydrogen-bond acceptors (Lipinski definition) is 4. The van der Waals surface area contributed by atoms with Crippen molar-refractivity contribution >= 4 is 11.8 Å². The van der Waals surface area contributed by atoms with Gasteiger partial charge in [-0.3, -0.25) is 14.9 Å². The Morgan fingerprint density at radius 1 is 1.29 bits per heavy atom. The fourth-order valence-corrected chi connectivity index (χ4v) is 3.33. The Morgan fingerprint density at radius 2 is 1.96 bits per heavy atom. The summed E-state index contributed by atoms with van der Waals surface area (Å²) in [5, 5.41) is 5.61. The minimum Gasteiger partial charge on any atom is -0.497 e. The maximum absolute atomic E-state index is 13.2. The van der Waals surface area contributed by atoms with Gasteiger partial charge in [0.05, 0.1) is 12.7 Å². The van der Waals surface area contributed by atoms with Crippen molar-refractivity contribution in [2.24, 2.45) is 11.8 Å². The lowest BCUT2D eigenvalue weighted by Crippen LogP contribution is -2.42. The normalized spacial score (nSPS) is 16.5. The van der Waals surface area contributed by atoms with Crippen LogP contribution in [0.25, 0.3) is 0 Å². The number of benzene rings is 1. The number of carbonyl (C=O) groups is 2. The van der Waals surface area contributed by atoms with Crippen LogP contribution in [0.5, 0.6) is 5.75 Å². The highest BCUT2D eigenvalue weighted by Gasteiger charge is 2.33. The highest BCUT2D eigenvalue weighted by Crippen LogP contribution is 2.35. The third-order valence-corrected chi connectivity index (χ3v) is 5.11. The molecule has 1 aliphatic heterocycles. The van der Waals surface area contributed by atoms with Crippen molar-refractivity contribution in [1.29, 1.82) is 0 Å². The standard InChI is InChI=1S/C20H27F3N2O3/c1-13(18(26)25-19(27)15-8-10-24-11-9-15)4-3-5-14-6-7-16(28-2)12-17(14)20(21,22)23/h6-7,12-13,15,24H,3-5,8-11H2,1-2H3,(H,25,26,27)/t13-/m0/s1. The molecule has 0 aromatic heterocycles. The molecule has 1 fully saturated rings. The number of piperidine rings is 1. The third kappa shape index (κ3) is 6.22. The van der Waals surface area contributed by atoms with Crippen LogP contribution < -0.4 is 15.4 Å². The van der Waals surface area contributed by atoms with Gasteiger partial charge < -0.3 is 10.1 Å². The van der Waals surface area contributed by atoms with Gasteiger partial charge >= 0.3 is 6.18 Å². The number of alkyl halides is 3. The lowest BCUT2D eigenvalue weighted by atomic mass is 9.95. The van der Waals surface area contributed by atoms with Crippen molar-refractivity contribution in [2.45, 2.75) is 45.2 Å². The van der Waals surface area contributed by atoms with Gasteiger partial charge in [0, 0.05) is 11.8 Å². The summed E-state index contributed by atoms with van der Waals surface area (Å²) in [5.41, 5.74) is -0.545. The predicted octanol–water partition coefficient (Wildman–Crippen LogP) is 3.32. The number of imide groups is 1. The molecule has 1 aliphatic rings. The Bertz CT molecular complexity index is 686. The lowest BCUT2D eigenvalue weighted by Gasteiger charge is -2.22. The second kappa shape index (κ2) is 9.91. The molecule has 1 aromatic rings. The molecule has 0 bridgehead atoms. The van der Waals surface area contributed by atoms with Gasteiger partial charge in [0.1, 0.15) is 5.75 Å². The summed E-state index contributed by atoms with van der Waals surface area (Å²) in [4.78, 5) is 24.3. The lowest BCUT2D eigenvalue weighted by molar-refractivity contribution is -0.138. The summed E-state index contributed by atoms with van der Waals surface area (Å²) in [6.45, 7) is 3.19. The van der Waals surface area contributed by atoms with Gasteiger partial charge in [-0.05, 0) is 62.9 Å². The van der Waals surface area contributed by atoms with E-state index in [0.717, 1.165) is 19.2 Å². The van der Waals surface area contributed by atoms with E-state index in [4.69, 9.17) is 4.74 Å². The SMILES string of the molecule is COc1ccc(CCC[C@H](C)C(=O)NC(=O)C2CCNCC2)c(C(F)(F)F)c1. The Labute approximate surface area is 163 Å². The van der Waals surface area contributed by atoms with E-state index in [1.54, 1.807) is 6.92 Å². The second-order valence-corrected chi connectivity index (χ2v) is 7.19. The van der Waals surface area contributed by atoms with E-state index in [2.05, 4.69) is 10.6 Å². The average Bonchev–Trinajstić information content (AvgIpc) is 2.67. The van der Waals surface area contributed by atoms with Crippen LogP contribution >= 0.6 is 0 Å². The molecule has 28 heavy (non-hydrogen) atoms. The number of rotatable bonds is 7. The molecule has 0 unspecified atom stereocenters. The molecule has 1 heterocycles. The fourth-order valence-electron chi connectivity index (χ4n) is 3.33. The van der Waals surface area contributed by atoms with E-state index in [0.29, 0.717) is 25.7 Å². The monoisotopic (exact) mass is 400 g/mol. The molecule has 1 aromatic carbocycles. The van der Waals surface area contributed by atoms with Crippen molar-refractivity contribution < 1.29 is 27.5 Å². The van der Waals surface area contributed by atoms with Crippen molar-refractivity contribution in [2.75, 3.05) is 20.2 Å². The van der Waals surface area contributed by atoms with Gasteiger partial charge in [-0.1, -0.05) is 13.0 Å². The van der Waals surface area contributed by atoms with Crippen LogP contribution in [0.1, 0.15) is 43.7 Å². The minimum absolute atomic E-state index is 0.153. The molecule has 2 N–H and O–H groups in total. The second-order valence-electron chi connectivity index (χ2n) is 7.19. The van der Waals surface area contributed by atoms with Crippen molar-refractivity contribution in [3.05, 3.63) is 29.3 Å². The number of ether oxygens (including phenoxy) is 1. The van der Waals surface area contributed by atoms with Gasteiger partial charge in [0.15, 0.2) is 0 Å². The average molecular weight is 400 g/mol. The quantitative estimate of drug-likeness (QED) is 0.737. The number of aryl methyl sites for hydroxylation is 1. The zero-order valence-electron chi connectivity index (χ0n) is 16.2. The first-order valence-corrected chi connectivity index (χ1v) is 9.52. The topological polar surface area (TPSA) is 67.4 Å². The van der Waals surface area contributed by atoms with E-state index in [9.17, 15) is 22.8 Å². The summed E-state index contributed by atoms with van der Waals surface area (Å²) < 4.78 is 44.6. The van der Waals surface area contributed by atoms with Crippen LogP contribution in [0.15, 0.2) is 18.2 Å². The zero-order valence-corrected chi connectivity index (χ0v) is 16.2. The first kappa shape index (κ1) is 22.2. The van der Waals surface area contributed by atoms with Gasteiger partial charge in [0.25, 0.3) is 0 Å². The largest absolute Gasteiger partial charge is 0.497 e. The van der Waals surface area contributed by atoms with E-state index in [-0.39, 0.29) is 35.5 Å². The minimum atomic E-state index is -4.46. The van der Waals surface area contributed by atoms with Gasteiger partial charge in [-0.15, -0.1) is 0 Å².